The fourth-order valence-electron chi connectivity index (χ4n) is 3.17. The largest absolute Gasteiger partial charge is 0.354 e. The Kier molecular flexibility index (Phi) is 6.82. The smallest absolute Gasteiger partial charge is 0.288 e. The Morgan fingerprint density at radius 3 is 2.58 bits per heavy atom. The van der Waals surface area contributed by atoms with Gasteiger partial charge in [0.2, 0.25) is 0 Å². The third kappa shape index (κ3) is 5.93. The van der Waals surface area contributed by atoms with Crippen LogP contribution in [0.1, 0.15) is 12.0 Å². The molecule has 1 aliphatic heterocycles. The van der Waals surface area contributed by atoms with Gasteiger partial charge in [0.1, 0.15) is 6.54 Å². The lowest BCUT2D eigenvalue weighted by Crippen LogP contribution is -3.09. The summed E-state index contributed by atoms with van der Waals surface area (Å²) in [5.41, 5.74) is 2.15. The molecular formula is C19H22F2N3S2+. The standard InChI is InChI=1S/C19H21F2N3S2/c20-18(21)26-17-8-6-15(7-9-17)22-19(25)23-16-10-11-24(13-16)12-14-4-2-1-3-5-14/h1-9,16,18H,10-13H2,(H2,22,23,25)/p+1/t16-/m1/s1. The van der Waals surface area contributed by atoms with Crippen molar-refractivity contribution in [2.24, 2.45) is 0 Å². The van der Waals surface area contributed by atoms with Crippen LogP contribution in [0.15, 0.2) is 59.5 Å². The van der Waals surface area contributed by atoms with Gasteiger partial charge in [-0.25, -0.2) is 0 Å². The predicted molar refractivity (Wildman–Crippen MR) is 107 cm³/mol. The summed E-state index contributed by atoms with van der Waals surface area (Å²) in [7, 11) is 0. The summed E-state index contributed by atoms with van der Waals surface area (Å²) in [6.07, 6.45) is 1.08. The summed E-state index contributed by atoms with van der Waals surface area (Å²) < 4.78 is 24.7. The summed E-state index contributed by atoms with van der Waals surface area (Å²) >= 11 is 5.93. The highest BCUT2D eigenvalue weighted by molar-refractivity contribution is 7.99. The summed E-state index contributed by atoms with van der Waals surface area (Å²) in [6, 6.07) is 17.7. The number of thioether (sulfide) groups is 1. The van der Waals surface area contributed by atoms with Crippen molar-refractivity contribution in [2.45, 2.75) is 29.7 Å². The van der Waals surface area contributed by atoms with E-state index in [1.54, 1.807) is 29.2 Å². The minimum atomic E-state index is -2.40. The van der Waals surface area contributed by atoms with Crippen molar-refractivity contribution in [3.63, 3.8) is 0 Å². The number of halogens is 2. The molecule has 1 saturated heterocycles. The van der Waals surface area contributed by atoms with Gasteiger partial charge in [-0.1, -0.05) is 42.1 Å². The maximum atomic E-state index is 12.3. The number of thiocarbonyl (C=S) groups is 1. The van der Waals surface area contributed by atoms with Crippen LogP contribution >= 0.6 is 24.0 Å². The fraction of sp³-hybridized carbons (Fsp3) is 0.316. The van der Waals surface area contributed by atoms with Crippen LogP contribution in [0.3, 0.4) is 0 Å². The minimum Gasteiger partial charge on any atom is -0.354 e. The monoisotopic (exact) mass is 394 g/mol. The summed E-state index contributed by atoms with van der Waals surface area (Å²) in [5.74, 6) is -2.40. The molecule has 7 heteroatoms. The van der Waals surface area contributed by atoms with Crippen LogP contribution in [0.25, 0.3) is 0 Å². The Balaban J connectivity index is 1.44. The molecule has 2 aromatic carbocycles. The van der Waals surface area contributed by atoms with E-state index in [-0.39, 0.29) is 0 Å². The molecule has 0 aromatic heterocycles. The van der Waals surface area contributed by atoms with E-state index in [4.69, 9.17) is 12.2 Å². The third-order valence-corrected chi connectivity index (χ3v) is 5.29. The number of hydrogen-bond donors (Lipinski definition) is 3. The molecule has 26 heavy (non-hydrogen) atoms. The van der Waals surface area contributed by atoms with Crippen LogP contribution in [0.2, 0.25) is 0 Å². The Morgan fingerprint density at radius 1 is 1.15 bits per heavy atom. The van der Waals surface area contributed by atoms with Crippen molar-refractivity contribution in [2.75, 3.05) is 18.4 Å². The van der Waals surface area contributed by atoms with Crippen LogP contribution in [0, 0.1) is 0 Å². The van der Waals surface area contributed by atoms with Crippen LogP contribution in [-0.4, -0.2) is 30.0 Å². The SMILES string of the molecule is FC(F)Sc1ccc(NC(=S)N[C@@H]2CC[NH+](Cc3ccccc3)C2)cc1. The molecule has 0 saturated carbocycles. The molecule has 1 heterocycles. The van der Waals surface area contributed by atoms with E-state index in [0.717, 1.165) is 31.7 Å². The Labute approximate surface area is 162 Å². The van der Waals surface area contributed by atoms with Gasteiger partial charge in [-0.2, -0.15) is 8.78 Å². The first-order valence-electron chi connectivity index (χ1n) is 8.58. The summed E-state index contributed by atoms with van der Waals surface area (Å²) in [5, 5.41) is 7.07. The first-order chi connectivity index (χ1) is 12.6. The highest BCUT2D eigenvalue weighted by Crippen LogP contribution is 2.26. The number of benzene rings is 2. The molecule has 0 amide bonds. The number of quaternary nitrogens is 1. The van der Waals surface area contributed by atoms with E-state index in [1.165, 1.54) is 5.56 Å². The number of anilines is 1. The molecule has 3 rings (SSSR count). The Morgan fingerprint density at radius 2 is 1.88 bits per heavy atom. The van der Waals surface area contributed by atoms with Crippen molar-refractivity contribution in [1.82, 2.24) is 5.32 Å². The van der Waals surface area contributed by atoms with Gasteiger partial charge in [-0.05, 0) is 36.5 Å². The molecule has 2 atom stereocenters. The van der Waals surface area contributed by atoms with Crippen LogP contribution in [0.4, 0.5) is 14.5 Å². The first-order valence-corrected chi connectivity index (χ1v) is 9.87. The molecule has 1 unspecified atom stereocenters. The number of nitrogens with one attached hydrogen (secondary N) is 3. The summed E-state index contributed by atoms with van der Waals surface area (Å²) in [4.78, 5) is 2.09. The molecule has 0 spiro atoms. The average molecular weight is 395 g/mol. The average Bonchev–Trinajstić information content (AvgIpc) is 3.04. The molecule has 3 N–H and O–H groups in total. The Hall–Kier alpha value is -1.70. The van der Waals surface area contributed by atoms with Gasteiger partial charge in [0.15, 0.2) is 5.11 Å². The predicted octanol–water partition coefficient (Wildman–Crippen LogP) is 3.15. The lowest BCUT2D eigenvalue weighted by atomic mass is 10.2. The molecule has 1 aliphatic rings. The zero-order valence-electron chi connectivity index (χ0n) is 14.3. The van der Waals surface area contributed by atoms with Gasteiger partial charge >= 0.3 is 0 Å². The van der Waals surface area contributed by atoms with Crippen molar-refractivity contribution in [3.05, 3.63) is 60.2 Å². The molecule has 0 bridgehead atoms. The maximum absolute atomic E-state index is 12.3. The van der Waals surface area contributed by atoms with E-state index in [0.29, 0.717) is 27.8 Å². The van der Waals surface area contributed by atoms with Crippen molar-refractivity contribution < 1.29 is 13.7 Å². The normalized spacial score (nSPS) is 19.5. The zero-order chi connectivity index (χ0) is 18.4. The molecule has 0 radical (unpaired) electrons. The van der Waals surface area contributed by atoms with E-state index in [1.807, 2.05) is 6.07 Å². The van der Waals surface area contributed by atoms with Gasteiger partial charge in [-0.3, -0.25) is 0 Å². The quantitative estimate of drug-likeness (QED) is 0.519. The van der Waals surface area contributed by atoms with Crippen molar-refractivity contribution >= 4 is 34.8 Å². The number of likely N-dealkylation sites (tertiary alicyclic amines) is 1. The number of rotatable bonds is 6. The van der Waals surface area contributed by atoms with E-state index in [9.17, 15) is 8.78 Å². The van der Waals surface area contributed by atoms with E-state index < -0.39 is 5.76 Å². The van der Waals surface area contributed by atoms with Crippen molar-refractivity contribution in [1.29, 1.82) is 0 Å². The van der Waals surface area contributed by atoms with Gasteiger partial charge in [0.25, 0.3) is 5.76 Å². The van der Waals surface area contributed by atoms with Gasteiger partial charge in [0.05, 0.1) is 19.1 Å². The fourth-order valence-corrected chi connectivity index (χ4v) is 3.95. The molecule has 138 valence electrons. The van der Waals surface area contributed by atoms with E-state index >= 15 is 0 Å². The molecule has 0 aliphatic carbocycles. The lowest BCUT2D eigenvalue weighted by Gasteiger charge is -2.16. The van der Waals surface area contributed by atoms with E-state index in [2.05, 4.69) is 34.9 Å². The third-order valence-electron chi connectivity index (χ3n) is 4.35. The van der Waals surface area contributed by atoms with Gasteiger partial charge < -0.3 is 15.5 Å². The number of hydrogen-bond acceptors (Lipinski definition) is 2. The second-order valence-corrected chi connectivity index (χ2v) is 7.83. The highest BCUT2D eigenvalue weighted by Gasteiger charge is 2.26. The second-order valence-electron chi connectivity index (χ2n) is 6.35. The maximum Gasteiger partial charge on any atom is 0.288 e. The van der Waals surface area contributed by atoms with Gasteiger partial charge in [-0.15, -0.1) is 0 Å². The van der Waals surface area contributed by atoms with Crippen LogP contribution in [-0.2, 0) is 6.54 Å². The topological polar surface area (TPSA) is 28.5 Å². The second kappa shape index (κ2) is 9.30. The molecule has 2 aromatic rings. The zero-order valence-corrected chi connectivity index (χ0v) is 15.9. The first kappa shape index (κ1) is 19.1. The Bertz CT molecular complexity index is 710. The lowest BCUT2D eigenvalue weighted by molar-refractivity contribution is -0.901. The van der Waals surface area contributed by atoms with Gasteiger partial charge in [0, 0.05) is 22.6 Å². The molecule has 1 fully saturated rings. The highest BCUT2D eigenvalue weighted by atomic mass is 32.2. The molecule has 3 nitrogen and oxygen atoms in total. The minimum absolute atomic E-state index is 0.349. The summed E-state index contributed by atoms with van der Waals surface area (Å²) in [6.45, 7) is 3.18. The van der Waals surface area contributed by atoms with Crippen LogP contribution in [0.5, 0.6) is 0 Å². The molecular weight excluding hydrogens is 372 g/mol. The van der Waals surface area contributed by atoms with Crippen molar-refractivity contribution in [3.8, 4) is 0 Å². The van der Waals surface area contributed by atoms with Crippen LogP contribution < -0.4 is 15.5 Å². The number of alkyl halides is 2.